The van der Waals surface area contributed by atoms with Gasteiger partial charge < -0.3 is 9.26 Å². The first kappa shape index (κ1) is 13.0. The van der Waals surface area contributed by atoms with E-state index in [2.05, 4.69) is 14.9 Å². The minimum absolute atomic E-state index is 0.185. The molecule has 0 spiro atoms. The molecule has 0 fully saturated rings. The zero-order chi connectivity index (χ0) is 12.0. The highest BCUT2D eigenvalue weighted by molar-refractivity contribution is 7.99. The Morgan fingerprint density at radius 1 is 1.62 bits per heavy atom. The lowest BCUT2D eigenvalue weighted by Crippen LogP contribution is -2.08. The quantitative estimate of drug-likeness (QED) is 0.711. The normalized spacial score (nSPS) is 12.4. The second-order valence-corrected chi connectivity index (χ2v) is 4.79. The van der Waals surface area contributed by atoms with Crippen LogP contribution in [0.15, 0.2) is 4.52 Å². The van der Waals surface area contributed by atoms with E-state index in [0.717, 1.165) is 12.2 Å². The van der Waals surface area contributed by atoms with Gasteiger partial charge in [0.15, 0.2) is 5.82 Å². The number of ether oxygens (including phenoxy) is 1. The third-order valence-corrected chi connectivity index (χ3v) is 3.15. The summed E-state index contributed by atoms with van der Waals surface area (Å²) < 4.78 is 9.63. The number of thioether (sulfide) groups is 1. The summed E-state index contributed by atoms with van der Waals surface area (Å²) in [7, 11) is 1.39. The highest BCUT2D eigenvalue weighted by Gasteiger charge is 2.12. The van der Waals surface area contributed by atoms with Gasteiger partial charge in [0.1, 0.15) is 0 Å². The van der Waals surface area contributed by atoms with Crippen LogP contribution in [0.1, 0.15) is 32.0 Å². The number of carbonyl (C=O) groups excluding carboxylic acids is 1. The van der Waals surface area contributed by atoms with Crippen LogP contribution in [0, 0.1) is 0 Å². The lowest BCUT2D eigenvalue weighted by molar-refractivity contribution is -0.140. The first-order valence-electron chi connectivity index (χ1n) is 5.15. The van der Waals surface area contributed by atoms with Crippen molar-refractivity contribution in [3.8, 4) is 0 Å². The molecular formula is C10H16N2O3S. The highest BCUT2D eigenvalue weighted by Crippen LogP contribution is 2.19. The summed E-state index contributed by atoms with van der Waals surface area (Å²) in [5, 5.41) is 3.98. The largest absolute Gasteiger partial charge is 0.469 e. The van der Waals surface area contributed by atoms with E-state index >= 15 is 0 Å². The van der Waals surface area contributed by atoms with Crippen LogP contribution >= 0.6 is 11.8 Å². The van der Waals surface area contributed by atoms with Gasteiger partial charge in [-0.05, 0) is 0 Å². The summed E-state index contributed by atoms with van der Waals surface area (Å²) in [6.45, 7) is 3.94. The van der Waals surface area contributed by atoms with Crippen molar-refractivity contribution < 1.29 is 14.1 Å². The lowest BCUT2D eigenvalue weighted by Gasteiger charge is -2.07. The average molecular weight is 244 g/mol. The van der Waals surface area contributed by atoms with E-state index in [4.69, 9.17) is 4.52 Å². The van der Waals surface area contributed by atoms with Crippen molar-refractivity contribution in [2.24, 2.45) is 0 Å². The van der Waals surface area contributed by atoms with Crippen molar-refractivity contribution in [1.82, 2.24) is 10.1 Å². The number of aryl methyl sites for hydroxylation is 1. The van der Waals surface area contributed by atoms with Gasteiger partial charge in [0.2, 0.25) is 5.89 Å². The number of esters is 1. The maximum atomic E-state index is 11.0. The van der Waals surface area contributed by atoms with Crippen molar-refractivity contribution in [1.29, 1.82) is 0 Å². The van der Waals surface area contributed by atoms with Gasteiger partial charge in [-0.15, -0.1) is 11.8 Å². The molecule has 0 aromatic carbocycles. The van der Waals surface area contributed by atoms with E-state index in [1.54, 1.807) is 11.8 Å². The first-order valence-corrected chi connectivity index (χ1v) is 6.20. The van der Waals surface area contributed by atoms with Crippen LogP contribution in [0.3, 0.4) is 0 Å². The monoisotopic (exact) mass is 244 g/mol. The Kier molecular flexibility index (Phi) is 5.31. The van der Waals surface area contributed by atoms with Gasteiger partial charge in [0, 0.05) is 11.7 Å². The molecule has 0 saturated carbocycles. The van der Waals surface area contributed by atoms with Crippen LogP contribution in [0.5, 0.6) is 0 Å². The predicted molar refractivity (Wildman–Crippen MR) is 61.1 cm³/mol. The molecule has 5 nitrogen and oxygen atoms in total. The number of aromatic nitrogens is 2. The number of carbonyl (C=O) groups is 1. The van der Waals surface area contributed by atoms with Gasteiger partial charge in [0.25, 0.3) is 0 Å². The maximum Gasteiger partial charge on any atom is 0.306 e. The second-order valence-electron chi connectivity index (χ2n) is 3.36. The zero-order valence-corrected chi connectivity index (χ0v) is 10.5. The summed E-state index contributed by atoms with van der Waals surface area (Å²) in [4.78, 5) is 15.2. The molecule has 1 aromatic heterocycles. The molecule has 6 heteroatoms. The van der Waals surface area contributed by atoms with Crippen LogP contribution in [0.2, 0.25) is 0 Å². The predicted octanol–water partition coefficient (Wildman–Crippen LogP) is 1.82. The van der Waals surface area contributed by atoms with E-state index in [0.29, 0.717) is 18.1 Å². The Morgan fingerprint density at radius 3 is 2.94 bits per heavy atom. The molecule has 0 aliphatic carbocycles. The molecule has 0 radical (unpaired) electrons. The lowest BCUT2D eigenvalue weighted by atomic mass is 10.3. The molecule has 1 rings (SSSR count). The molecule has 0 bridgehead atoms. The molecule has 0 aliphatic heterocycles. The minimum atomic E-state index is -0.195. The van der Waals surface area contributed by atoms with Crippen LogP contribution < -0.4 is 0 Å². The van der Waals surface area contributed by atoms with Crippen molar-refractivity contribution in [2.75, 3.05) is 7.11 Å². The van der Waals surface area contributed by atoms with Crippen LogP contribution in [-0.2, 0) is 21.7 Å². The van der Waals surface area contributed by atoms with Gasteiger partial charge in [-0.1, -0.05) is 19.0 Å². The van der Waals surface area contributed by atoms with Crippen molar-refractivity contribution in [3.63, 3.8) is 0 Å². The van der Waals surface area contributed by atoms with E-state index in [1.807, 2.05) is 13.8 Å². The zero-order valence-electron chi connectivity index (χ0n) is 9.73. The topological polar surface area (TPSA) is 65.2 Å². The standard InChI is InChI=1S/C10H16N2O3S/c1-4-8-11-9(15-12-8)6-16-7(2)5-10(13)14-3/h7H,4-6H2,1-3H3. The molecule has 16 heavy (non-hydrogen) atoms. The summed E-state index contributed by atoms with van der Waals surface area (Å²) in [5.74, 6) is 1.76. The minimum Gasteiger partial charge on any atom is -0.469 e. The third-order valence-electron chi connectivity index (χ3n) is 2.00. The van der Waals surface area contributed by atoms with Crippen molar-refractivity contribution >= 4 is 17.7 Å². The third kappa shape index (κ3) is 4.22. The fourth-order valence-corrected chi connectivity index (χ4v) is 1.88. The SMILES string of the molecule is CCc1noc(CSC(C)CC(=O)OC)n1. The second kappa shape index (κ2) is 6.52. The van der Waals surface area contributed by atoms with Crippen LogP contribution in [-0.4, -0.2) is 28.5 Å². The molecule has 1 aromatic rings. The Balaban J connectivity index is 2.31. The summed E-state index contributed by atoms with van der Waals surface area (Å²) >= 11 is 1.60. The molecule has 0 amide bonds. The fourth-order valence-electron chi connectivity index (χ4n) is 1.08. The molecule has 0 aliphatic rings. The number of hydrogen-bond donors (Lipinski definition) is 0. The Hall–Kier alpha value is -1.04. The maximum absolute atomic E-state index is 11.0. The summed E-state index contributed by atoms with van der Waals surface area (Å²) in [6.07, 6.45) is 1.17. The highest BCUT2D eigenvalue weighted by atomic mass is 32.2. The molecular weight excluding hydrogens is 228 g/mol. The number of methoxy groups -OCH3 is 1. The number of rotatable bonds is 6. The van der Waals surface area contributed by atoms with Crippen LogP contribution in [0.4, 0.5) is 0 Å². The van der Waals surface area contributed by atoms with Gasteiger partial charge >= 0.3 is 5.97 Å². The number of nitrogens with zero attached hydrogens (tertiary/aromatic N) is 2. The summed E-state index contributed by atoms with van der Waals surface area (Å²) in [6, 6.07) is 0. The van der Waals surface area contributed by atoms with E-state index in [9.17, 15) is 4.79 Å². The van der Waals surface area contributed by atoms with Gasteiger partial charge in [-0.25, -0.2) is 0 Å². The smallest absolute Gasteiger partial charge is 0.306 e. The molecule has 0 saturated heterocycles. The molecule has 1 heterocycles. The van der Waals surface area contributed by atoms with Crippen molar-refractivity contribution in [3.05, 3.63) is 11.7 Å². The number of hydrogen-bond acceptors (Lipinski definition) is 6. The molecule has 1 unspecified atom stereocenters. The van der Waals surface area contributed by atoms with E-state index in [1.165, 1.54) is 7.11 Å². The van der Waals surface area contributed by atoms with Gasteiger partial charge in [-0.2, -0.15) is 4.98 Å². The Morgan fingerprint density at radius 2 is 2.38 bits per heavy atom. The van der Waals surface area contributed by atoms with E-state index in [-0.39, 0.29) is 11.2 Å². The first-order chi connectivity index (χ1) is 7.65. The van der Waals surface area contributed by atoms with Gasteiger partial charge in [0.05, 0.1) is 19.3 Å². The van der Waals surface area contributed by atoms with Crippen molar-refractivity contribution in [2.45, 2.75) is 37.7 Å². The van der Waals surface area contributed by atoms with E-state index < -0.39 is 0 Å². The fraction of sp³-hybridized carbons (Fsp3) is 0.700. The average Bonchev–Trinajstić information content (AvgIpc) is 2.74. The Bertz CT molecular complexity index is 341. The van der Waals surface area contributed by atoms with Crippen LogP contribution in [0.25, 0.3) is 0 Å². The summed E-state index contributed by atoms with van der Waals surface area (Å²) in [5.41, 5.74) is 0. The van der Waals surface area contributed by atoms with Gasteiger partial charge in [-0.3, -0.25) is 4.79 Å². The molecule has 1 atom stereocenters. The molecule has 90 valence electrons. The molecule has 0 N–H and O–H groups in total. The Labute approximate surface area is 98.9 Å².